The highest BCUT2D eigenvalue weighted by molar-refractivity contribution is 6.30. The van der Waals surface area contributed by atoms with Crippen molar-refractivity contribution in [1.82, 2.24) is 5.32 Å². The highest BCUT2D eigenvalue weighted by Crippen LogP contribution is 2.22. The van der Waals surface area contributed by atoms with Gasteiger partial charge in [0.15, 0.2) is 0 Å². The van der Waals surface area contributed by atoms with Crippen molar-refractivity contribution in [3.05, 3.63) is 34.9 Å². The van der Waals surface area contributed by atoms with Crippen LogP contribution in [-0.2, 0) is 11.2 Å². The Labute approximate surface area is 112 Å². The third-order valence-electron chi connectivity index (χ3n) is 3.00. The molecule has 1 aromatic rings. The van der Waals surface area contributed by atoms with Gasteiger partial charge in [-0.15, -0.1) is 12.4 Å². The third kappa shape index (κ3) is 3.60. The molecule has 17 heavy (non-hydrogen) atoms. The van der Waals surface area contributed by atoms with E-state index in [2.05, 4.69) is 5.32 Å². The number of carboxylic acids is 1. The number of benzene rings is 1. The van der Waals surface area contributed by atoms with Gasteiger partial charge in [-0.3, -0.25) is 4.79 Å². The van der Waals surface area contributed by atoms with Gasteiger partial charge in [0.1, 0.15) is 6.04 Å². The number of carbonyl (C=O) groups is 1. The third-order valence-corrected chi connectivity index (χ3v) is 3.24. The normalized spacial score (nSPS) is 23.1. The number of hydrogen-bond donors (Lipinski definition) is 2. The molecule has 1 saturated heterocycles. The van der Waals surface area contributed by atoms with E-state index in [0.29, 0.717) is 5.02 Å². The van der Waals surface area contributed by atoms with Crippen molar-refractivity contribution in [2.24, 2.45) is 5.92 Å². The molecule has 2 rings (SSSR count). The largest absolute Gasteiger partial charge is 0.480 e. The van der Waals surface area contributed by atoms with Crippen molar-refractivity contribution in [2.75, 3.05) is 6.54 Å². The zero-order valence-corrected chi connectivity index (χ0v) is 10.8. The SMILES string of the molecule is Cl.O=C(O)[C@H]1NCCC1Cc1cccc(Cl)c1. The lowest BCUT2D eigenvalue weighted by Crippen LogP contribution is -2.36. The summed E-state index contributed by atoms with van der Waals surface area (Å²) in [5.41, 5.74) is 1.10. The smallest absolute Gasteiger partial charge is 0.320 e. The highest BCUT2D eigenvalue weighted by Gasteiger charge is 2.32. The van der Waals surface area contributed by atoms with Crippen LogP contribution in [0.1, 0.15) is 12.0 Å². The summed E-state index contributed by atoms with van der Waals surface area (Å²) in [6, 6.07) is 7.20. The van der Waals surface area contributed by atoms with Crippen LogP contribution in [0.5, 0.6) is 0 Å². The minimum Gasteiger partial charge on any atom is -0.480 e. The fourth-order valence-corrected chi connectivity index (χ4v) is 2.45. The Bertz CT molecular complexity index is 398. The summed E-state index contributed by atoms with van der Waals surface area (Å²) in [4.78, 5) is 11.0. The molecule has 0 saturated carbocycles. The Morgan fingerprint density at radius 2 is 2.29 bits per heavy atom. The van der Waals surface area contributed by atoms with Gasteiger partial charge in [-0.05, 0) is 43.0 Å². The molecule has 1 fully saturated rings. The first-order valence-corrected chi connectivity index (χ1v) is 5.75. The molecule has 0 amide bonds. The molecule has 1 unspecified atom stereocenters. The zero-order chi connectivity index (χ0) is 11.5. The van der Waals surface area contributed by atoms with Crippen molar-refractivity contribution in [2.45, 2.75) is 18.9 Å². The summed E-state index contributed by atoms with van der Waals surface area (Å²) < 4.78 is 0. The lowest BCUT2D eigenvalue weighted by atomic mass is 9.93. The van der Waals surface area contributed by atoms with Gasteiger partial charge in [0.2, 0.25) is 0 Å². The first kappa shape index (κ1) is 14.3. The summed E-state index contributed by atoms with van der Waals surface area (Å²) >= 11 is 5.90. The minimum atomic E-state index is -0.760. The minimum absolute atomic E-state index is 0. The van der Waals surface area contributed by atoms with E-state index in [-0.39, 0.29) is 18.3 Å². The molecule has 0 radical (unpaired) electrons. The van der Waals surface area contributed by atoms with E-state index in [1.54, 1.807) is 0 Å². The first-order valence-electron chi connectivity index (χ1n) is 5.37. The summed E-state index contributed by atoms with van der Waals surface area (Å²) in [7, 11) is 0. The van der Waals surface area contributed by atoms with Crippen molar-refractivity contribution in [3.63, 3.8) is 0 Å². The van der Waals surface area contributed by atoms with Crippen molar-refractivity contribution < 1.29 is 9.90 Å². The van der Waals surface area contributed by atoms with Crippen LogP contribution in [0.4, 0.5) is 0 Å². The molecule has 5 heteroatoms. The molecule has 0 aromatic heterocycles. The Morgan fingerprint density at radius 3 is 2.94 bits per heavy atom. The maximum absolute atomic E-state index is 11.0. The molecular formula is C12H15Cl2NO2. The molecule has 2 atom stereocenters. The topological polar surface area (TPSA) is 49.3 Å². The fourth-order valence-electron chi connectivity index (χ4n) is 2.23. The molecule has 94 valence electrons. The van der Waals surface area contributed by atoms with Gasteiger partial charge in [0.05, 0.1) is 0 Å². The quantitative estimate of drug-likeness (QED) is 0.891. The predicted octanol–water partition coefficient (Wildman–Crippen LogP) is 2.37. The fraction of sp³-hybridized carbons (Fsp3) is 0.417. The van der Waals surface area contributed by atoms with Gasteiger partial charge < -0.3 is 10.4 Å². The summed E-state index contributed by atoms with van der Waals surface area (Å²) in [6.45, 7) is 0.780. The maximum atomic E-state index is 11.0. The Kier molecular flexibility index (Phi) is 5.25. The molecule has 1 aliphatic rings. The van der Waals surface area contributed by atoms with Crippen LogP contribution in [0.25, 0.3) is 0 Å². The molecule has 1 aromatic carbocycles. The molecule has 1 aliphatic heterocycles. The van der Waals surface area contributed by atoms with Gasteiger partial charge in [0.25, 0.3) is 0 Å². The van der Waals surface area contributed by atoms with E-state index in [0.717, 1.165) is 24.9 Å². The summed E-state index contributed by atoms with van der Waals surface area (Å²) in [5, 5.41) is 12.7. The van der Waals surface area contributed by atoms with Gasteiger partial charge in [-0.2, -0.15) is 0 Å². The lowest BCUT2D eigenvalue weighted by molar-refractivity contribution is -0.140. The van der Waals surface area contributed by atoms with Crippen LogP contribution in [0.2, 0.25) is 5.02 Å². The second kappa shape index (κ2) is 6.24. The Balaban J connectivity index is 0.00000144. The predicted molar refractivity (Wildman–Crippen MR) is 69.9 cm³/mol. The van der Waals surface area contributed by atoms with Crippen LogP contribution in [0.3, 0.4) is 0 Å². The highest BCUT2D eigenvalue weighted by atomic mass is 35.5. The van der Waals surface area contributed by atoms with Crippen molar-refractivity contribution in [1.29, 1.82) is 0 Å². The average molecular weight is 276 g/mol. The Hall–Kier alpha value is -0.770. The standard InChI is InChI=1S/C12H14ClNO2.ClH/c13-10-3-1-2-8(7-10)6-9-4-5-14-11(9)12(15)16;/h1-3,7,9,11,14H,4-6H2,(H,15,16);1H/t9?,11-;/m0./s1. The van der Waals surface area contributed by atoms with Gasteiger partial charge in [-0.25, -0.2) is 0 Å². The molecule has 1 heterocycles. The Morgan fingerprint density at radius 1 is 1.53 bits per heavy atom. The lowest BCUT2D eigenvalue weighted by Gasteiger charge is -2.15. The number of aliphatic carboxylic acids is 1. The van der Waals surface area contributed by atoms with Gasteiger partial charge >= 0.3 is 5.97 Å². The molecular weight excluding hydrogens is 261 g/mol. The summed E-state index contributed by atoms with van der Waals surface area (Å²) in [6.07, 6.45) is 1.67. The zero-order valence-electron chi connectivity index (χ0n) is 9.23. The van der Waals surface area contributed by atoms with Crippen molar-refractivity contribution in [3.8, 4) is 0 Å². The second-order valence-electron chi connectivity index (χ2n) is 4.15. The van der Waals surface area contributed by atoms with E-state index in [4.69, 9.17) is 16.7 Å². The monoisotopic (exact) mass is 275 g/mol. The van der Waals surface area contributed by atoms with Crippen LogP contribution in [-0.4, -0.2) is 23.7 Å². The number of rotatable bonds is 3. The van der Waals surface area contributed by atoms with Gasteiger partial charge in [0, 0.05) is 5.02 Å². The number of halogens is 2. The van der Waals surface area contributed by atoms with Crippen LogP contribution in [0, 0.1) is 5.92 Å². The van der Waals surface area contributed by atoms with E-state index in [1.807, 2.05) is 24.3 Å². The van der Waals surface area contributed by atoms with Crippen LogP contribution < -0.4 is 5.32 Å². The average Bonchev–Trinajstić information content (AvgIpc) is 2.66. The van der Waals surface area contributed by atoms with Gasteiger partial charge in [-0.1, -0.05) is 23.7 Å². The number of hydrogen-bond acceptors (Lipinski definition) is 2. The molecule has 0 bridgehead atoms. The van der Waals surface area contributed by atoms with E-state index in [1.165, 1.54) is 0 Å². The molecule has 2 N–H and O–H groups in total. The summed E-state index contributed by atoms with van der Waals surface area (Å²) in [5.74, 6) is -0.597. The van der Waals surface area contributed by atoms with E-state index < -0.39 is 12.0 Å². The molecule has 3 nitrogen and oxygen atoms in total. The molecule has 0 spiro atoms. The molecule has 0 aliphatic carbocycles. The second-order valence-corrected chi connectivity index (χ2v) is 4.59. The maximum Gasteiger partial charge on any atom is 0.320 e. The van der Waals surface area contributed by atoms with Crippen LogP contribution in [0.15, 0.2) is 24.3 Å². The van der Waals surface area contributed by atoms with E-state index in [9.17, 15) is 4.79 Å². The van der Waals surface area contributed by atoms with Crippen molar-refractivity contribution >= 4 is 30.0 Å². The first-order chi connectivity index (χ1) is 7.66. The van der Waals surface area contributed by atoms with Crippen LogP contribution >= 0.6 is 24.0 Å². The number of carboxylic acid groups (broad SMARTS) is 1. The van der Waals surface area contributed by atoms with E-state index >= 15 is 0 Å². The number of nitrogens with one attached hydrogen (secondary N) is 1.